The van der Waals surface area contributed by atoms with Gasteiger partial charge in [0.05, 0.1) is 5.25 Å². The third-order valence-electron chi connectivity index (χ3n) is 5.01. The van der Waals surface area contributed by atoms with Crippen LogP contribution in [0.4, 0.5) is 17.6 Å². The Kier molecular flexibility index (Phi) is 11.6. The summed E-state index contributed by atoms with van der Waals surface area (Å²) in [6.07, 6.45) is 0.347. The van der Waals surface area contributed by atoms with Crippen molar-refractivity contribution in [3.8, 4) is 0 Å². The van der Waals surface area contributed by atoms with Gasteiger partial charge in [-0.25, -0.2) is 26.0 Å². The Labute approximate surface area is 164 Å². The number of hydrogen-bond acceptors (Lipinski definition) is 4. The van der Waals surface area contributed by atoms with E-state index < -0.39 is 45.3 Å². The van der Waals surface area contributed by atoms with E-state index in [1.54, 1.807) is 0 Å². The fourth-order valence-corrected chi connectivity index (χ4v) is 5.64. The molecule has 4 atom stereocenters. The van der Waals surface area contributed by atoms with Crippen LogP contribution in [0.15, 0.2) is 0 Å². The summed E-state index contributed by atoms with van der Waals surface area (Å²) in [5.74, 6) is 0.343. The first kappa shape index (κ1) is 25.0. The van der Waals surface area contributed by atoms with E-state index in [1.807, 2.05) is 0 Å². The highest BCUT2D eigenvalue weighted by molar-refractivity contribution is 8.00. The number of unbranched alkanes of at least 4 members (excludes halogenated alkanes) is 9. The Bertz CT molecular complexity index is 491. The second kappa shape index (κ2) is 12.5. The van der Waals surface area contributed by atoms with E-state index in [4.69, 9.17) is 0 Å². The smallest absolute Gasteiger partial charge is 0.151 e. The highest BCUT2D eigenvalue weighted by atomic mass is 32.2. The molecule has 0 aromatic heterocycles. The third kappa shape index (κ3) is 8.09. The van der Waals surface area contributed by atoms with Crippen molar-refractivity contribution in [3.05, 3.63) is 0 Å². The molecule has 162 valence electrons. The lowest BCUT2D eigenvalue weighted by atomic mass is 9.92. The van der Waals surface area contributed by atoms with Gasteiger partial charge < -0.3 is 4.55 Å². The van der Waals surface area contributed by atoms with Crippen LogP contribution in [-0.2, 0) is 10.1 Å². The highest BCUT2D eigenvalue weighted by Gasteiger charge is 2.55. The Morgan fingerprint density at radius 2 is 1.15 bits per heavy atom. The van der Waals surface area contributed by atoms with Crippen LogP contribution in [0, 0.1) is 0 Å². The minimum atomic E-state index is -5.45. The highest BCUT2D eigenvalue weighted by Crippen LogP contribution is 2.39. The van der Waals surface area contributed by atoms with Crippen molar-refractivity contribution < 1.29 is 30.5 Å². The predicted octanol–water partition coefficient (Wildman–Crippen LogP) is 5.29. The van der Waals surface area contributed by atoms with Gasteiger partial charge in [0, 0.05) is 0 Å². The molecular formula is C18H31F4O3S2-. The molecule has 0 aromatic carbocycles. The van der Waals surface area contributed by atoms with Gasteiger partial charge in [-0.1, -0.05) is 64.7 Å². The van der Waals surface area contributed by atoms with E-state index in [2.05, 4.69) is 6.92 Å². The first-order chi connectivity index (χ1) is 12.7. The summed E-state index contributed by atoms with van der Waals surface area (Å²) in [5, 5.41) is -4.43. The second-order valence-electron chi connectivity index (χ2n) is 7.25. The largest absolute Gasteiger partial charge is 0.748 e. The molecule has 0 radical (unpaired) electrons. The van der Waals surface area contributed by atoms with Crippen molar-refractivity contribution in [2.75, 3.05) is 5.75 Å². The van der Waals surface area contributed by atoms with Crippen molar-refractivity contribution in [1.29, 1.82) is 0 Å². The van der Waals surface area contributed by atoms with E-state index in [-0.39, 0.29) is 0 Å². The molecule has 0 spiro atoms. The summed E-state index contributed by atoms with van der Waals surface area (Å²) >= 11 is 0.784. The summed E-state index contributed by atoms with van der Waals surface area (Å²) in [7, 11) is -5.45. The first-order valence-electron chi connectivity index (χ1n) is 9.84. The number of hydrogen-bond donors (Lipinski definition) is 0. The molecule has 1 aliphatic rings. The van der Waals surface area contributed by atoms with E-state index in [0.29, 0.717) is 12.2 Å². The molecule has 0 aliphatic heterocycles. The Balaban J connectivity index is 2.25. The minimum absolute atomic E-state index is 0.343. The van der Waals surface area contributed by atoms with E-state index in [0.717, 1.165) is 37.4 Å². The number of rotatable bonds is 13. The van der Waals surface area contributed by atoms with Gasteiger partial charge >= 0.3 is 0 Å². The fraction of sp³-hybridized carbons (Fsp3) is 1.00. The quantitative estimate of drug-likeness (QED) is 0.224. The van der Waals surface area contributed by atoms with Crippen LogP contribution in [0.1, 0.15) is 71.1 Å². The molecule has 0 bridgehead atoms. The molecule has 0 amide bonds. The maximum Gasteiger partial charge on any atom is 0.151 e. The maximum atomic E-state index is 14.0. The monoisotopic (exact) mass is 435 g/mol. The van der Waals surface area contributed by atoms with Crippen molar-refractivity contribution in [1.82, 2.24) is 0 Å². The van der Waals surface area contributed by atoms with Crippen molar-refractivity contribution >= 4 is 21.9 Å². The average Bonchev–Trinajstić information content (AvgIpc) is 2.59. The third-order valence-corrected chi connectivity index (χ3v) is 7.62. The van der Waals surface area contributed by atoms with Gasteiger partial charge in [-0.2, -0.15) is 11.8 Å². The van der Waals surface area contributed by atoms with E-state index >= 15 is 0 Å². The number of halogens is 4. The van der Waals surface area contributed by atoms with Crippen LogP contribution < -0.4 is 0 Å². The fourth-order valence-electron chi connectivity index (χ4n) is 3.39. The SMILES string of the molecule is CCCCCCCCCCCCSC1C(F)C(F)C(S(=O)(=O)[O-])C(F)C1F. The zero-order valence-electron chi connectivity index (χ0n) is 15.8. The molecule has 1 aliphatic carbocycles. The van der Waals surface area contributed by atoms with Crippen molar-refractivity contribution in [3.63, 3.8) is 0 Å². The lowest BCUT2D eigenvalue weighted by Gasteiger charge is -2.40. The Hall–Kier alpha value is -0.0200. The molecule has 0 N–H and O–H groups in total. The lowest BCUT2D eigenvalue weighted by molar-refractivity contribution is 0.0223. The van der Waals surface area contributed by atoms with Gasteiger partial charge in [-0.15, -0.1) is 0 Å². The normalized spacial score (nSPS) is 31.9. The van der Waals surface area contributed by atoms with Gasteiger partial charge in [-0.3, -0.25) is 0 Å². The van der Waals surface area contributed by atoms with Crippen molar-refractivity contribution in [2.24, 2.45) is 0 Å². The van der Waals surface area contributed by atoms with E-state index in [1.165, 1.54) is 32.1 Å². The molecule has 27 heavy (non-hydrogen) atoms. The molecule has 4 unspecified atom stereocenters. The summed E-state index contributed by atoms with van der Waals surface area (Å²) < 4.78 is 88.5. The minimum Gasteiger partial charge on any atom is -0.748 e. The second-order valence-corrected chi connectivity index (χ2v) is 10.1. The van der Waals surface area contributed by atoms with E-state index in [9.17, 15) is 30.5 Å². The van der Waals surface area contributed by atoms with Crippen LogP contribution in [0.5, 0.6) is 0 Å². The summed E-state index contributed by atoms with van der Waals surface area (Å²) in [6, 6.07) is 0. The number of alkyl halides is 4. The topological polar surface area (TPSA) is 57.2 Å². The zero-order chi connectivity index (χ0) is 20.4. The average molecular weight is 436 g/mol. The molecule has 1 rings (SSSR count). The standard InChI is InChI=1S/C18H32F4O3S2/c1-2-3-4-5-6-7-8-9-10-11-12-26-17-13(19)15(21)18(27(23,24)25)16(22)14(17)20/h13-18H,2-12H2,1H3,(H,23,24,25)/p-1. The van der Waals surface area contributed by atoms with Gasteiger partial charge in [0.2, 0.25) is 0 Å². The molecule has 0 aromatic rings. The molecule has 3 nitrogen and oxygen atoms in total. The van der Waals surface area contributed by atoms with Crippen LogP contribution in [0.3, 0.4) is 0 Å². The van der Waals surface area contributed by atoms with Crippen LogP contribution >= 0.6 is 11.8 Å². The summed E-state index contributed by atoms with van der Waals surface area (Å²) in [6.45, 7) is 2.17. The first-order valence-corrected chi connectivity index (χ1v) is 12.4. The van der Waals surface area contributed by atoms with Crippen LogP contribution in [-0.4, -0.2) is 53.9 Å². The van der Waals surface area contributed by atoms with Gasteiger partial charge in [0.15, 0.2) is 12.3 Å². The maximum absolute atomic E-state index is 14.0. The molecule has 1 fully saturated rings. The Morgan fingerprint density at radius 3 is 1.56 bits per heavy atom. The van der Waals surface area contributed by atoms with Crippen LogP contribution in [0.25, 0.3) is 0 Å². The predicted molar refractivity (Wildman–Crippen MR) is 101 cm³/mol. The van der Waals surface area contributed by atoms with Gasteiger partial charge in [0.1, 0.15) is 27.7 Å². The van der Waals surface area contributed by atoms with Gasteiger partial charge in [-0.05, 0) is 12.2 Å². The zero-order valence-corrected chi connectivity index (χ0v) is 17.4. The molecule has 0 saturated heterocycles. The lowest BCUT2D eigenvalue weighted by Crippen LogP contribution is -2.59. The molecule has 0 heterocycles. The molecule has 1 saturated carbocycles. The van der Waals surface area contributed by atoms with Crippen LogP contribution in [0.2, 0.25) is 0 Å². The molecule has 9 heteroatoms. The molecular weight excluding hydrogens is 404 g/mol. The Morgan fingerprint density at radius 1 is 0.741 bits per heavy atom. The summed E-state index contributed by atoms with van der Waals surface area (Å²) in [5.41, 5.74) is 0. The van der Waals surface area contributed by atoms with Gasteiger partial charge in [0.25, 0.3) is 0 Å². The van der Waals surface area contributed by atoms with Crippen molar-refractivity contribution in [2.45, 2.75) is 106 Å². The number of thioether (sulfide) groups is 1. The summed E-state index contributed by atoms with van der Waals surface area (Å²) in [4.78, 5) is 0.